The molecule has 0 saturated carbocycles. The number of amides is 1. The molecule has 0 unspecified atom stereocenters. The van der Waals surface area contributed by atoms with E-state index in [-0.39, 0.29) is 23.2 Å². The summed E-state index contributed by atoms with van der Waals surface area (Å²) in [4.78, 5) is 20.9. The summed E-state index contributed by atoms with van der Waals surface area (Å²) in [7, 11) is 0. The second kappa shape index (κ2) is 6.01. The van der Waals surface area contributed by atoms with Crippen LogP contribution in [0.2, 0.25) is 5.28 Å². The van der Waals surface area contributed by atoms with Gasteiger partial charge in [0.15, 0.2) is 11.6 Å². The highest BCUT2D eigenvalue weighted by Gasteiger charge is 2.30. The van der Waals surface area contributed by atoms with Gasteiger partial charge >= 0.3 is 6.09 Å². The van der Waals surface area contributed by atoms with Gasteiger partial charge in [0.1, 0.15) is 5.60 Å². The van der Waals surface area contributed by atoms with Crippen molar-refractivity contribution in [2.75, 3.05) is 18.4 Å². The largest absolute Gasteiger partial charge is 0.444 e. The van der Waals surface area contributed by atoms with Crippen LogP contribution in [-0.4, -0.2) is 45.7 Å². The molecule has 0 bridgehead atoms. The average Bonchev–Trinajstić information content (AvgIpc) is 2.80. The second-order valence-electron chi connectivity index (χ2n) is 5.89. The molecular weight excluding hydrogens is 299 g/mol. The van der Waals surface area contributed by atoms with Crippen LogP contribution in [0.25, 0.3) is 0 Å². The molecule has 1 aliphatic rings. The van der Waals surface area contributed by atoms with E-state index in [1.165, 1.54) is 0 Å². The smallest absolute Gasteiger partial charge is 0.410 e. The zero-order valence-electron chi connectivity index (χ0n) is 12.2. The molecule has 21 heavy (non-hydrogen) atoms. The molecule has 2 rings (SSSR count). The molecule has 8 heteroatoms. The highest BCUT2D eigenvalue weighted by Crippen LogP contribution is 2.19. The monoisotopic (exact) mass is 316 g/mol. The SMILES string of the molecule is CC(C)(C)OC(=O)N1CC[C@@H](Nc2nc(Cl)ncc2F)C1. The summed E-state index contributed by atoms with van der Waals surface area (Å²) in [6, 6.07) is -0.0991. The molecule has 116 valence electrons. The number of anilines is 1. The van der Waals surface area contributed by atoms with E-state index >= 15 is 0 Å². The standard InChI is InChI=1S/C13H18ClFN4O2/c1-13(2,3)21-12(20)19-5-4-8(7-19)17-10-9(15)6-16-11(14)18-10/h6,8H,4-5,7H2,1-3H3,(H,16,17,18)/t8-/m1/s1. The van der Waals surface area contributed by atoms with Crippen molar-refractivity contribution in [1.29, 1.82) is 0 Å². The summed E-state index contributed by atoms with van der Waals surface area (Å²) in [5, 5.41) is 2.91. The Bertz CT molecular complexity index is 535. The van der Waals surface area contributed by atoms with Gasteiger partial charge in [0, 0.05) is 19.1 Å². The van der Waals surface area contributed by atoms with Gasteiger partial charge in [-0.05, 0) is 38.8 Å². The lowest BCUT2D eigenvalue weighted by Crippen LogP contribution is -2.36. The number of hydrogen-bond donors (Lipinski definition) is 1. The van der Waals surface area contributed by atoms with E-state index in [1.807, 2.05) is 20.8 Å². The first kappa shape index (κ1) is 15.8. The van der Waals surface area contributed by atoms with Crippen LogP contribution in [0.3, 0.4) is 0 Å². The summed E-state index contributed by atoms with van der Waals surface area (Å²) >= 11 is 5.64. The Hall–Kier alpha value is -1.63. The molecule has 1 amide bonds. The number of nitrogens with one attached hydrogen (secondary N) is 1. The van der Waals surface area contributed by atoms with Gasteiger partial charge in [0.05, 0.1) is 6.20 Å². The van der Waals surface area contributed by atoms with Gasteiger partial charge in [0.2, 0.25) is 5.28 Å². The van der Waals surface area contributed by atoms with Crippen molar-refractivity contribution in [1.82, 2.24) is 14.9 Å². The molecule has 0 aliphatic carbocycles. The lowest BCUT2D eigenvalue weighted by Gasteiger charge is -2.24. The number of halogens is 2. The highest BCUT2D eigenvalue weighted by atomic mass is 35.5. The van der Waals surface area contributed by atoms with Gasteiger partial charge < -0.3 is 15.0 Å². The highest BCUT2D eigenvalue weighted by molar-refractivity contribution is 6.28. The Labute approximate surface area is 127 Å². The van der Waals surface area contributed by atoms with Crippen molar-refractivity contribution in [3.8, 4) is 0 Å². The molecule has 2 heterocycles. The molecule has 1 aromatic heterocycles. The van der Waals surface area contributed by atoms with Crippen molar-refractivity contribution in [2.45, 2.75) is 38.8 Å². The van der Waals surface area contributed by atoms with Gasteiger partial charge in [0.25, 0.3) is 0 Å². The summed E-state index contributed by atoms with van der Waals surface area (Å²) in [6.07, 6.45) is 1.33. The number of carbonyl (C=O) groups excluding carboxylic acids is 1. The molecule has 1 aromatic rings. The van der Waals surface area contributed by atoms with Crippen LogP contribution in [0.1, 0.15) is 27.2 Å². The molecule has 0 radical (unpaired) electrons. The number of aromatic nitrogens is 2. The minimum Gasteiger partial charge on any atom is -0.444 e. The average molecular weight is 317 g/mol. The lowest BCUT2D eigenvalue weighted by atomic mass is 10.2. The number of rotatable bonds is 2. The molecule has 6 nitrogen and oxygen atoms in total. The predicted molar refractivity (Wildman–Crippen MR) is 76.8 cm³/mol. The Morgan fingerprint density at radius 1 is 1.57 bits per heavy atom. The number of hydrogen-bond acceptors (Lipinski definition) is 5. The maximum atomic E-state index is 13.5. The zero-order chi connectivity index (χ0) is 15.6. The zero-order valence-corrected chi connectivity index (χ0v) is 12.9. The third kappa shape index (κ3) is 4.42. The summed E-state index contributed by atoms with van der Waals surface area (Å²) in [5.41, 5.74) is -0.533. The van der Waals surface area contributed by atoms with Gasteiger partial charge in [-0.3, -0.25) is 0 Å². The fourth-order valence-electron chi connectivity index (χ4n) is 2.01. The maximum Gasteiger partial charge on any atom is 0.410 e. The van der Waals surface area contributed by atoms with E-state index in [1.54, 1.807) is 4.90 Å². The summed E-state index contributed by atoms with van der Waals surface area (Å²) < 4.78 is 18.9. The second-order valence-corrected chi connectivity index (χ2v) is 6.23. The minimum atomic E-state index is -0.574. The van der Waals surface area contributed by atoms with E-state index in [2.05, 4.69) is 15.3 Å². The van der Waals surface area contributed by atoms with Crippen LogP contribution in [0, 0.1) is 5.82 Å². The lowest BCUT2D eigenvalue weighted by molar-refractivity contribution is 0.0293. The van der Waals surface area contributed by atoms with Gasteiger partial charge in [-0.15, -0.1) is 0 Å². The van der Waals surface area contributed by atoms with Crippen LogP contribution in [-0.2, 0) is 4.74 Å². The maximum absolute atomic E-state index is 13.5. The Morgan fingerprint density at radius 3 is 2.95 bits per heavy atom. The van der Waals surface area contributed by atoms with Crippen LogP contribution in [0.5, 0.6) is 0 Å². The number of nitrogens with zero attached hydrogens (tertiary/aromatic N) is 3. The van der Waals surface area contributed by atoms with Crippen molar-refractivity contribution in [3.05, 3.63) is 17.3 Å². The van der Waals surface area contributed by atoms with E-state index < -0.39 is 11.4 Å². The summed E-state index contributed by atoms with van der Waals surface area (Å²) in [5.74, 6) is -0.527. The van der Waals surface area contributed by atoms with E-state index in [4.69, 9.17) is 16.3 Å². The quantitative estimate of drug-likeness (QED) is 0.850. The Balaban J connectivity index is 1.93. The van der Waals surface area contributed by atoms with Gasteiger partial charge in [-0.1, -0.05) is 0 Å². The topological polar surface area (TPSA) is 67.3 Å². The van der Waals surface area contributed by atoms with Crippen LogP contribution >= 0.6 is 11.6 Å². The van der Waals surface area contributed by atoms with Crippen molar-refractivity contribution < 1.29 is 13.9 Å². The fraction of sp³-hybridized carbons (Fsp3) is 0.615. The van der Waals surface area contributed by atoms with Crippen molar-refractivity contribution >= 4 is 23.5 Å². The van der Waals surface area contributed by atoms with E-state index in [0.717, 1.165) is 6.20 Å². The van der Waals surface area contributed by atoms with Crippen LogP contribution in [0.4, 0.5) is 15.0 Å². The first-order valence-electron chi connectivity index (χ1n) is 6.67. The number of ether oxygens (including phenoxy) is 1. The molecule has 1 fully saturated rings. The Morgan fingerprint density at radius 2 is 2.29 bits per heavy atom. The third-order valence-corrected chi connectivity index (χ3v) is 3.08. The molecule has 1 atom stereocenters. The molecule has 1 saturated heterocycles. The predicted octanol–water partition coefficient (Wildman–Crippen LogP) is 2.69. The third-order valence-electron chi connectivity index (χ3n) is 2.90. The minimum absolute atomic E-state index is 0.0269. The van der Waals surface area contributed by atoms with E-state index in [0.29, 0.717) is 19.5 Å². The molecule has 0 aromatic carbocycles. The number of likely N-dealkylation sites (tertiary alicyclic amines) is 1. The number of carbonyl (C=O) groups is 1. The first-order valence-corrected chi connectivity index (χ1v) is 7.05. The van der Waals surface area contributed by atoms with Crippen LogP contribution in [0.15, 0.2) is 6.20 Å². The fourth-order valence-corrected chi connectivity index (χ4v) is 2.14. The molecule has 0 spiro atoms. The first-order chi connectivity index (χ1) is 9.74. The summed E-state index contributed by atoms with van der Waals surface area (Å²) in [6.45, 7) is 6.42. The molecule has 1 N–H and O–H groups in total. The normalized spacial score (nSPS) is 18.7. The van der Waals surface area contributed by atoms with Crippen molar-refractivity contribution in [3.63, 3.8) is 0 Å². The Kier molecular flexibility index (Phi) is 4.51. The van der Waals surface area contributed by atoms with Crippen molar-refractivity contribution in [2.24, 2.45) is 0 Å². The van der Waals surface area contributed by atoms with Crippen LogP contribution < -0.4 is 5.32 Å². The van der Waals surface area contributed by atoms with Gasteiger partial charge in [-0.25, -0.2) is 14.2 Å². The molecular formula is C13H18ClFN4O2. The van der Waals surface area contributed by atoms with E-state index in [9.17, 15) is 9.18 Å². The molecule has 1 aliphatic heterocycles. The van der Waals surface area contributed by atoms with Gasteiger partial charge in [-0.2, -0.15) is 4.98 Å².